The van der Waals surface area contributed by atoms with Crippen LogP contribution in [0, 0.1) is 5.41 Å². The van der Waals surface area contributed by atoms with Gasteiger partial charge in [-0.15, -0.1) is 0 Å². The number of para-hydroxylation sites is 1. The monoisotopic (exact) mass is 510 g/mol. The number of amides is 2. The summed E-state index contributed by atoms with van der Waals surface area (Å²) in [7, 11) is 4.71. The molecule has 0 aromatic heterocycles. The van der Waals surface area contributed by atoms with E-state index >= 15 is 0 Å². The minimum Gasteiger partial charge on any atom is -0.494 e. The van der Waals surface area contributed by atoms with E-state index in [1.807, 2.05) is 46.2 Å². The summed E-state index contributed by atoms with van der Waals surface area (Å²) in [5, 5.41) is 0. The van der Waals surface area contributed by atoms with Crippen LogP contribution in [0.5, 0.6) is 23.0 Å². The van der Waals surface area contributed by atoms with E-state index in [0.29, 0.717) is 36.7 Å². The van der Waals surface area contributed by atoms with Crippen molar-refractivity contribution < 1.29 is 28.5 Å². The van der Waals surface area contributed by atoms with Gasteiger partial charge in [0.05, 0.1) is 34.4 Å². The Hall–Kier alpha value is -3.42. The fraction of sp³-hybridized carbons (Fsp3) is 0.517. The molecule has 2 fully saturated rings. The van der Waals surface area contributed by atoms with Gasteiger partial charge in [0.15, 0.2) is 11.5 Å². The zero-order valence-electron chi connectivity index (χ0n) is 22.2. The van der Waals surface area contributed by atoms with Crippen LogP contribution in [0.2, 0.25) is 0 Å². The molecule has 0 N–H and O–H groups in total. The van der Waals surface area contributed by atoms with Crippen LogP contribution in [-0.4, -0.2) is 75.7 Å². The van der Waals surface area contributed by atoms with Crippen molar-refractivity contribution in [1.29, 1.82) is 0 Å². The second kappa shape index (κ2) is 12.2. The van der Waals surface area contributed by atoms with Crippen LogP contribution in [0.1, 0.15) is 37.7 Å². The molecule has 0 unspecified atom stereocenters. The number of likely N-dealkylation sites (tertiary alicyclic amines) is 2. The Morgan fingerprint density at radius 3 is 2.14 bits per heavy atom. The number of methoxy groups -OCH3 is 3. The van der Waals surface area contributed by atoms with Crippen molar-refractivity contribution in [2.45, 2.75) is 38.5 Å². The lowest BCUT2D eigenvalue weighted by Crippen LogP contribution is -2.44. The van der Waals surface area contributed by atoms with Gasteiger partial charge in [0.1, 0.15) is 5.75 Å². The van der Waals surface area contributed by atoms with E-state index in [9.17, 15) is 9.59 Å². The van der Waals surface area contributed by atoms with Crippen molar-refractivity contribution in [2.24, 2.45) is 5.41 Å². The van der Waals surface area contributed by atoms with Gasteiger partial charge in [-0.05, 0) is 49.3 Å². The van der Waals surface area contributed by atoms with Crippen molar-refractivity contribution in [1.82, 2.24) is 9.80 Å². The summed E-state index contributed by atoms with van der Waals surface area (Å²) in [4.78, 5) is 29.9. The number of benzene rings is 2. The number of nitrogens with zero attached hydrogens (tertiary/aromatic N) is 2. The molecule has 2 aliphatic heterocycles. The molecule has 0 radical (unpaired) electrons. The van der Waals surface area contributed by atoms with Crippen LogP contribution in [0.25, 0.3) is 0 Å². The molecular formula is C29H38N2O6. The summed E-state index contributed by atoms with van der Waals surface area (Å²) < 4.78 is 22.1. The average molecular weight is 511 g/mol. The van der Waals surface area contributed by atoms with Gasteiger partial charge < -0.3 is 28.7 Å². The Balaban J connectivity index is 1.24. The third-order valence-electron chi connectivity index (χ3n) is 7.64. The largest absolute Gasteiger partial charge is 0.494 e. The summed E-state index contributed by atoms with van der Waals surface area (Å²) in [5.41, 5.74) is 0.882. The molecule has 1 spiro atoms. The van der Waals surface area contributed by atoms with Crippen molar-refractivity contribution in [3.8, 4) is 23.0 Å². The first kappa shape index (κ1) is 26.6. The molecule has 8 nitrogen and oxygen atoms in total. The van der Waals surface area contributed by atoms with Gasteiger partial charge in [0, 0.05) is 38.2 Å². The Kier molecular flexibility index (Phi) is 8.79. The molecule has 200 valence electrons. The van der Waals surface area contributed by atoms with Gasteiger partial charge in [-0.2, -0.15) is 0 Å². The predicted molar refractivity (Wildman–Crippen MR) is 140 cm³/mol. The maximum Gasteiger partial charge on any atom is 0.227 e. The molecule has 37 heavy (non-hydrogen) atoms. The van der Waals surface area contributed by atoms with E-state index in [1.54, 1.807) is 27.4 Å². The van der Waals surface area contributed by atoms with Crippen molar-refractivity contribution >= 4 is 11.8 Å². The Bertz CT molecular complexity index is 1070. The molecule has 2 heterocycles. The zero-order valence-corrected chi connectivity index (χ0v) is 22.2. The summed E-state index contributed by atoms with van der Waals surface area (Å²) in [6.07, 6.45) is 4.30. The minimum absolute atomic E-state index is 0.0827. The van der Waals surface area contributed by atoms with E-state index in [1.165, 1.54) is 0 Å². The summed E-state index contributed by atoms with van der Waals surface area (Å²) >= 11 is 0. The van der Waals surface area contributed by atoms with E-state index < -0.39 is 0 Å². The molecule has 0 aliphatic carbocycles. The highest BCUT2D eigenvalue weighted by atomic mass is 16.5. The third kappa shape index (κ3) is 6.29. The first-order valence-corrected chi connectivity index (χ1v) is 13.0. The van der Waals surface area contributed by atoms with Gasteiger partial charge in [0.2, 0.25) is 17.6 Å². The minimum atomic E-state index is 0.0827. The maximum absolute atomic E-state index is 13.2. The standard InChI is InChI=1S/C29H38N2O6/c1-34-24-12-11-22(27(35-2)28(24)36-3)20-26(33)31-18-15-29(21-31)13-16-30(17-14-29)25(32)10-7-19-37-23-8-5-4-6-9-23/h4-6,8-9,11-12H,7,10,13-21H2,1-3H3. The van der Waals surface area contributed by atoms with E-state index in [-0.39, 0.29) is 23.7 Å². The van der Waals surface area contributed by atoms with Gasteiger partial charge in [-0.1, -0.05) is 24.3 Å². The van der Waals surface area contributed by atoms with Crippen LogP contribution in [-0.2, 0) is 16.0 Å². The summed E-state index contributed by atoms with van der Waals surface area (Å²) in [6.45, 7) is 3.54. The van der Waals surface area contributed by atoms with Crippen LogP contribution < -0.4 is 18.9 Å². The molecule has 2 aliphatic rings. The van der Waals surface area contributed by atoms with Crippen LogP contribution in [0.15, 0.2) is 42.5 Å². The quantitative estimate of drug-likeness (QED) is 0.451. The van der Waals surface area contributed by atoms with Crippen LogP contribution >= 0.6 is 0 Å². The lowest BCUT2D eigenvalue weighted by Gasteiger charge is -2.39. The highest BCUT2D eigenvalue weighted by molar-refractivity contribution is 5.81. The highest BCUT2D eigenvalue weighted by Crippen LogP contribution is 2.42. The first-order valence-electron chi connectivity index (χ1n) is 13.0. The average Bonchev–Trinajstić information content (AvgIpc) is 3.35. The third-order valence-corrected chi connectivity index (χ3v) is 7.64. The predicted octanol–water partition coefficient (Wildman–Crippen LogP) is 3.96. The number of hydrogen-bond donors (Lipinski definition) is 0. The Labute approximate surface area is 219 Å². The number of carbonyl (C=O) groups is 2. The summed E-state index contributed by atoms with van der Waals surface area (Å²) in [5.74, 6) is 2.71. The smallest absolute Gasteiger partial charge is 0.227 e. The molecule has 2 aromatic carbocycles. The SMILES string of the molecule is COc1ccc(CC(=O)N2CCC3(CCN(C(=O)CCCOc4ccccc4)CC3)C2)c(OC)c1OC. The van der Waals surface area contributed by atoms with Gasteiger partial charge in [0.25, 0.3) is 0 Å². The maximum atomic E-state index is 13.2. The number of carbonyl (C=O) groups excluding carboxylic acids is 2. The summed E-state index contributed by atoms with van der Waals surface area (Å²) in [6, 6.07) is 13.3. The molecule has 4 rings (SSSR count). The first-order chi connectivity index (χ1) is 18.0. The zero-order chi connectivity index (χ0) is 26.3. The second-order valence-electron chi connectivity index (χ2n) is 9.88. The van der Waals surface area contributed by atoms with Crippen molar-refractivity contribution in [3.63, 3.8) is 0 Å². The van der Waals surface area contributed by atoms with E-state index in [0.717, 1.165) is 56.8 Å². The number of hydrogen-bond acceptors (Lipinski definition) is 6. The highest BCUT2D eigenvalue weighted by Gasteiger charge is 2.42. The van der Waals surface area contributed by atoms with Crippen LogP contribution in [0.4, 0.5) is 0 Å². The number of ether oxygens (including phenoxy) is 4. The van der Waals surface area contributed by atoms with E-state index in [2.05, 4.69) is 0 Å². The van der Waals surface area contributed by atoms with Crippen molar-refractivity contribution in [3.05, 3.63) is 48.0 Å². The molecule has 0 bridgehead atoms. The Morgan fingerprint density at radius 1 is 0.811 bits per heavy atom. The molecule has 2 saturated heterocycles. The molecule has 0 atom stereocenters. The lowest BCUT2D eigenvalue weighted by molar-refractivity contribution is -0.134. The molecule has 2 aromatic rings. The molecule has 2 amide bonds. The van der Waals surface area contributed by atoms with Gasteiger partial charge in [-0.25, -0.2) is 0 Å². The lowest BCUT2D eigenvalue weighted by atomic mass is 9.77. The molecule has 8 heteroatoms. The van der Waals surface area contributed by atoms with Gasteiger partial charge in [-0.3, -0.25) is 9.59 Å². The second-order valence-corrected chi connectivity index (χ2v) is 9.88. The number of piperidine rings is 1. The normalized spacial score (nSPS) is 16.5. The van der Waals surface area contributed by atoms with E-state index in [4.69, 9.17) is 18.9 Å². The van der Waals surface area contributed by atoms with Crippen LogP contribution in [0.3, 0.4) is 0 Å². The van der Waals surface area contributed by atoms with Gasteiger partial charge >= 0.3 is 0 Å². The fourth-order valence-corrected chi connectivity index (χ4v) is 5.45. The fourth-order valence-electron chi connectivity index (χ4n) is 5.45. The Morgan fingerprint density at radius 2 is 1.49 bits per heavy atom. The number of rotatable bonds is 10. The van der Waals surface area contributed by atoms with Crippen molar-refractivity contribution in [2.75, 3.05) is 54.1 Å². The molecular weight excluding hydrogens is 472 g/mol. The molecule has 0 saturated carbocycles. The topological polar surface area (TPSA) is 77.5 Å².